The molecule has 6 aromatic carbocycles. The molecule has 0 N–H and O–H groups in total. The molecule has 0 saturated heterocycles. The third-order valence-corrected chi connectivity index (χ3v) is 18.9. The lowest BCUT2D eigenvalue weighted by molar-refractivity contribution is -0.234. The van der Waals surface area contributed by atoms with Crippen LogP contribution >= 0.6 is 11.8 Å². The largest absolute Gasteiger partial charge is 0.310 e. The van der Waals surface area contributed by atoms with Crippen LogP contribution in [0.3, 0.4) is 0 Å². The van der Waals surface area contributed by atoms with Crippen molar-refractivity contribution in [3.05, 3.63) is 161 Å². The fourth-order valence-electron chi connectivity index (χ4n) is 15.3. The first-order chi connectivity index (χ1) is 28.4. The van der Waals surface area contributed by atoms with Crippen LogP contribution in [0.5, 0.6) is 0 Å². The zero-order valence-corrected chi connectivity index (χ0v) is 36.3. The lowest BCUT2D eigenvalue weighted by Gasteiger charge is -2.78. The Hall–Kier alpha value is -4.53. The van der Waals surface area contributed by atoms with Gasteiger partial charge in [0.2, 0.25) is 0 Å². The van der Waals surface area contributed by atoms with Crippen LogP contribution in [0, 0.1) is 29.1 Å². The summed E-state index contributed by atoms with van der Waals surface area (Å²) in [5, 5.41) is 0. The molecule has 0 aromatic heterocycles. The van der Waals surface area contributed by atoms with Crippen LogP contribution in [0.2, 0.25) is 0 Å². The molecule has 6 unspecified atom stereocenters. The van der Waals surface area contributed by atoms with Crippen molar-refractivity contribution >= 4 is 28.8 Å². The maximum absolute atomic E-state index is 2.70. The summed E-state index contributed by atoms with van der Waals surface area (Å²) in [6.45, 7) is 14.8. The van der Waals surface area contributed by atoms with Crippen LogP contribution in [-0.4, -0.2) is 0 Å². The minimum atomic E-state index is -0.0938. The third-order valence-electron chi connectivity index (χ3n) is 17.8. The van der Waals surface area contributed by atoms with Crippen molar-refractivity contribution in [1.29, 1.82) is 0 Å². The van der Waals surface area contributed by atoms with E-state index in [4.69, 9.17) is 0 Å². The Morgan fingerprint density at radius 1 is 0.525 bits per heavy atom. The van der Waals surface area contributed by atoms with Gasteiger partial charge >= 0.3 is 0 Å². The predicted octanol–water partition coefficient (Wildman–Crippen LogP) is 15.3. The summed E-state index contributed by atoms with van der Waals surface area (Å²) in [6.07, 6.45) is 8.15. The summed E-state index contributed by atoms with van der Waals surface area (Å²) < 4.78 is 0. The number of hydrogen-bond acceptors (Lipinski definition) is 2. The SMILES string of the molecule is CC1(C)CCC(C)(C)c2c(N(c3cc4c(c(-c5ccccc5)c3)C3(c5ccccc5S4)C4CC5CC6CC3C64C5)c3ccc4c(c3)C(C)(C)c3ccccc3-4)cccc21. The first-order valence-electron chi connectivity index (χ1n) is 22.6. The van der Waals surface area contributed by atoms with Crippen molar-refractivity contribution in [2.24, 2.45) is 29.1 Å². The first-order valence-corrected chi connectivity index (χ1v) is 23.5. The summed E-state index contributed by atoms with van der Waals surface area (Å²) in [5.41, 5.74) is 19.3. The van der Waals surface area contributed by atoms with Gasteiger partial charge < -0.3 is 4.90 Å². The highest BCUT2D eigenvalue weighted by molar-refractivity contribution is 7.99. The molecule has 1 aliphatic heterocycles. The van der Waals surface area contributed by atoms with Crippen molar-refractivity contribution in [2.45, 2.75) is 112 Å². The molecule has 6 atom stereocenters. The quantitative estimate of drug-likeness (QED) is 0.175. The van der Waals surface area contributed by atoms with Crippen molar-refractivity contribution in [1.82, 2.24) is 0 Å². The van der Waals surface area contributed by atoms with E-state index in [1.54, 1.807) is 11.1 Å². The molecule has 294 valence electrons. The van der Waals surface area contributed by atoms with Crippen molar-refractivity contribution < 1.29 is 0 Å². The molecule has 2 bridgehead atoms. The lowest BCUT2D eigenvalue weighted by Crippen LogP contribution is -2.74. The third kappa shape index (κ3) is 4.25. The molecule has 7 aliphatic rings. The molecule has 59 heavy (non-hydrogen) atoms. The van der Waals surface area contributed by atoms with Gasteiger partial charge in [0.15, 0.2) is 0 Å². The van der Waals surface area contributed by atoms with Gasteiger partial charge in [0.25, 0.3) is 0 Å². The molecule has 4 fully saturated rings. The first kappa shape index (κ1) is 35.2. The molecular weight excluding hydrogens is 731 g/mol. The van der Waals surface area contributed by atoms with E-state index in [-0.39, 0.29) is 21.7 Å². The maximum Gasteiger partial charge on any atom is 0.0502 e. The van der Waals surface area contributed by atoms with E-state index in [0.717, 1.165) is 23.7 Å². The van der Waals surface area contributed by atoms with Gasteiger partial charge in [-0.05, 0) is 170 Å². The summed E-state index contributed by atoms with van der Waals surface area (Å²) >= 11 is 2.05. The Morgan fingerprint density at radius 3 is 2.07 bits per heavy atom. The molecule has 2 heteroatoms. The molecule has 1 heterocycles. The molecule has 13 rings (SSSR count). The highest BCUT2D eigenvalue weighted by Gasteiger charge is 2.84. The van der Waals surface area contributed by atoms with Gasteiger partial charge in [-0.25, -0.2) is 0 Å². The van der Waals surface area contributed by atoms with Crippen molar-refractivity contribution in [3.63, 3.8) is 0 Å². The smallest absolute Gasteiger partial charge is 0.0502 e. The zero-order chi connectivity index (χ0) is 39.8. The van der Waals surface area contributed by atoms with Crippen LogP contribution < -0.4 is 4.90 Å². The Morgan fingerprint density at radius 2 is 1.24 bits per heavy atom. The van der Waals surface area contributed by atoms with Crippen LogP contribution in [0.15, 0.2) is 137 Å². The Bertz CT molecular complexity index is 2790. The number of fused-ring (bicyclic) bond motifs is 11. The topological polar surface area (TPSA) is 3.24 Å². The van der Waals surface area contributed by atoms with E-state index in [1.165, 1.54) is 110 Å². The molecule has 1 nitrogen and oxygen atoms in total. The number of hydrogen-bond donors (Lipinski definition) is 0. The van der Waals surface area contributed by atoms with E-state index in [1.807, 2.05) is 11.8 Å². The van der Waals surface area contributed by atoms with Crippen LogP contribution in [-0.2, 0) is 21.7 Å². The lowest BCUT2D eigenvalue weighted by atomic mass is 9.26. The highest BCUT2D eigenvalue weighted by Crippen LogP contribution is 2.89. The minimum absolute atomic E-state index is 0.0307. The number of benzene rings is 6. The summed E-state index contributed by atoms with van der Waals surface area (Å²) in [6, 6.07) is 50.2. The Labute approximate surface area is 355 Å². The van der Waals surface area contributed by atoms with Crippen LogP contribution in [0.1, 0.15) is 113 Å². The van der Waals surface area contributed by atoms with E-state index < -0.39 is 0 Å². The molecule has 6 aliphatic carbocycles. The van der Waals surface area contributed by atoms with Gasteiger partial charge in [-0.15, -0.1) is 0 Å². The average molecular weight is 786 g/mol. The molecule has 6 aromatic rings. The van der Waals surface area contributed by atoms with E-state index in [0.29, 0.717) is 5.41 Å². The minimum Gasteiger partial charge on any atom is -0.310 e. The van der Waals surface area contributed by atoms with Gasteiger partial charge in [-0.1, -0.05) is 144 Å². The van der Waals surface area contributed by atoms with Crippen molar-refractivity contribution in [2.75, 3.05) is 4.90 Å². The van der Waals surface area contributed by atoms with Gasteiger partial charge in [0.05, 0.1) is 5.69 Å². The fraction of sp³-hybridized carbons (Fsp3) is 0.368. The monoisotopic (exact) mass is 785 g/mol. The maximum atomic E-state index is 2.70. The Balaban J connectivity index is 1.10. The summed E-state index contributed by atoms with van der Waals surface area (Å²) in [4.78, 5) is 5.66. The molecule has 2 spiro atoms. The van der Waals surface area contributed by atoms with E-state index in [9.17, 15) is 0 Å². The second kappa shape index (κ2) is 11.4. The second-order valence-corrected chi connectivity index (χ2v) is 22.7. The average Bonchev–Trinajstić information content (AvgIpc) is 3.85. The van der Waals surface area contributed by atoms with Gasteiger partial charge in [-0.3, -0.25) is 0 Å². The second-order valence-electron chi connectivity index (χ2n) is 21.6. The predicted molar refractivity (Wildman–Crippen MR) is 246 cm³/mol. The fourth-order valence-corrected chi connectivity index (χ4v) is 16.6. The highest BCUT2D eigenvalue weighted by atomic mass is 32.2. The number of anilines is 3. The molecule has 0 radical (unpaired) electrons. The van der Waals surface area contributed by atoms with E-state index in [2.05, 4.69) is 174 Å². The van der Waals surface area contributed by atoms with Crippen LogP contribution in [0.25, 0.3) is 22.3 Å². The van der Waals surface area contributed by atoms with Gasteiger partial charge in [-0.2, -0.15) is 0 Å². The molecular formula is C57H55NS. The number of nitrogens with zero attached hydrogens (tertiary/aromatic N) is 1. The van der Waals surface area contributed by atoms with E-state index >= 15 is 0 Å². The standard InChI is InChI=1S/C57H55NS/c1-53(2)25-26-54(3,4)52-44(53)20-14-21-46(52)58(37-23-24-40-39-17-10-11-18-42(39)55(5,6)45(40)31-37)38-30-41(35-15-8-7-9-16-35)51-48(32-38)59-47-22-13-12-19-43(47)57(51)49-28-34-27-36-29-50(57)56(36,49)33-34/h7-24,30-32,34,36,49-50H,25-29,33H2,1-6H3. The summed E-state index contributed by atoms with van der Waals surface area (Å²) in [5.74, 6) is 3.36. The van der Waals surface area contributed by atoms with Gasteiger partial charge in [0.1, 0.15) is 0 Å². The Kier molecular flexibility index (Phi) is 6.83. The zero-order valence-electron chi connectivity index (χ0n) is 35.5. The normalized spacial score (nSPS) is 29.6. The summed E-state index contributed by atoms with van der Waals surface area (Å²) in [7, 11) is 0. The van der Waals surface area contributed by atoms with Crippen molar-refractivity contribution in [3.8, 4) is 22.3 Å². The van der Waals surface area contributed by atoms with Crippen LogP contribution in [0.4, 0.5) is 17.1 Å². The molecule has 4 saturated carbocycles. The number of rotatable bonds is 4. The van der Waals surface area contributed by atoms with Gasteiger partial charge in [0, 0.05) is 32.0 Å². The molecule has 0 amide bonds.